The van der Waals surface area contributed by atoms with E-state index in [4.69, 9.17) is 0 Å². The quantitative estimate of drug-likeness (QED) is 0.829. The lowest BCUT2D eigenvalue weighted by Crippen LogP contribution is -2.30. The number of anilines is 1. The number of nitrogens with one attached hydrogen (secondary N) is 2. The lowest BCUT2D eigenvalue weighted by atomic mass is 10.0. The fourth-order valence-corrected chi connectivity index (χ4v) is 3.00. The molecule has 1 heterocycles. The van der Waals surface area contributed by atoms with Crippen molar-refractivity contribution in [3.63, 3.8) is 0 Å². The van der Waals surface area contributed by atoms with E-state index in [1.54, 1.807) is 11.3 Å². The number of carbonyl (C=O) groups is 1. The lowest BCUT2D eigenvalue weighted by Gasteiger charge is -2.06. The van der Waals surface area contributed by atoms with Crippen molar-refractivity contribution in [2.45, 2.75) is 44.6 Å². The van der Waals surface area contributed by atoms with Gasteiger partial charge in [0.05, 0.1) is 5.69 Å². The van der Waals surface area contributed by atoms with Crippen LogP contribution in [0.15, 0.2) is 0 Å². The van der Waals surface area contributed by atoms with Gasteiger partial charge in [0.15, 0.2) is 5.13 Å². The van der Waals surface area contributed by atoms with Gasteiger partial charge in [0.1, 0.15) is 0 Å². The number of hydrogen-bond donors (Lipinski definition) is 2. The van der Waals surface area contributed by atoms with Crippen LogP contribution in [-0.2, 0) is 12.8 Å². The lowest BCUT2D eigenvalue weighted by molar-refractivity contribution is 0.251. The zero-order chi connectivity index (χ0) is 11.0. The van der Waals surface area contributed by atoms with Crippen LogP contribution >= 0.6 is 11.3 Å². The van der Waals surface area contributed by atoms with Crippen molar-refractivity contribution < 1.29 is 4.79 Å². The van der Waals surface area contributed by atoms with E-state index in [-0.39, 0.29) is 6.03 Å². The van der Waals surface area contributed by atoms with Gasteiger partial charge in [-0.25, -0.2) is 9.78 Å². The van der Waals surface area contributed by atoms with E-state index < -0.39 is 0 Å². The molecule has 4 nitrogen and oxygen atoms in total. The first-order valence-corrected chi connectivity index (χ1v) is 6.69. The fourth-order valence-electron chi connectivity index (χ4n) is 1.95. The summed E-state index contributed by atoms with van der Waals surface area (Å²) in [4.78, 5) is 17.3. The highest BCUT2D eigenvalue weighted by Gasteiger charge is 2.24. The average Bonchev–Trinajstić information content (AvgIpc) is 2.97. The van der Waals surface area contributed by atoms with Crippen LogP contribution in [0.1, 0.15) is 36.3 Å². The number of nitrogens with zero attached hydrogens (tertiary/aromatic N) is 1. The third-order valence-electron chi connectivity index (χ3n) is 2.98. The number of rotatable bonds is 2. The molecule has 0 saturated heterocycles. The molecule has 5 heteroatoms. The first kappa shape index (κ1) is 10.1. The molecule has 1 aromatic heterocycles. The second-order valence-corrected chi connectivity index (χ2v) is 5.55. The molecule has 0 atom stereocenters. The van der Waals surface area contributed by atoms with Gasteiger partial charge in [0, 0.05) is 10.9 Å². The maximum atomic E-state index is 11.5. The number of urea groups is 1. The maximum Gasteiger partial charge on any atom is 0.321 e. The molecule has 16 heavy (non-hydrogen) atoms. The summed E-state index contributed by atoms with van der Waals surface area (Å²) in [5.41, 5.74) is 1.19. The minimum Gasteiger partial charge on any atom is -0.335 e. The Morgan fingerprint density at radius 3 is 2.88 bits per heavy atom. The second-order valence-electron chi connectivity index (χ2n) is 4.47. The molecule has 0 unspecified atom stereocenters. The second kappa shape index (κ2) is 4.05. The molecule has 1 saturated carbocycles. The van der Waals surface area contributed by atoms with E-state index in [0.29, 0.717) is 6.04 Å². The summed E-state index contributed by atoms with van der Waals surface area (Å²) in [6.45, 7) is 0. The zero-order valence-corrected chi connectivity index (χ0v) is 9.90. The van der Waals surface area contributed by atoms with E-state index in [2.05, 4.69) is 15.6 Å². The Bertz CT molecular complexity index is 388. The molecule has 3 rings (SSSR count). The van der Waals surface area contributed by atoms with Crippen molar-refractivity contribution >= 4 is 22.5 Å². The monoisotopic (exact) mass is 237 g/mol. The first-order chi connectivity index (χ1) is 7.81. The molecular formula is C11H15N3OS. The van der Waals surface area contributed by atoms with Crippen LogP contribution in [0.2, 0.25) is 0 Å². The predicted molar refractivity (Wildman–Crippen MR) is 63.9 cm³/mol. The van der Waals surface area contributed by atoms with E-state index in [1.807, 2.05) is 0 Å². The Morgan fingerprint density at radius 1 is 1.31 bits per heavy atom. The average molecular weight is 237 g/mol. The van der Waals surface area contributed by atoms with E-state index >= 15 is 0 Å². The highest BCUT2D eigenvalue weighted by molar-refractivity contribution is 7.15. The normalized spacial score (nSPS) is 19.0. The van der Waals surface area contributed by atoms with E-state index in [0.717, 1.165) is 30.8 Å². The largest absolute Gasteiger partial charge is 0.335 e. The van der Waals surface area contributed by atoms with Crippen LogP contribution in [0.25, 0.3) is 0 Å². The summed E-state index contributed by atoms with van der Waals surface area (Å²) in [5.74, 6) is 0. The molecule has 1 fully saturated rings. The van der Waals surface area contributed by atoms with Crippen LogP contribution in [0, 0.1) is 0 Å². The van der Waals surface area contributed by atoms with Crippen LogP contribution < -0.4 is 10.6 Å². The number of hydrogen-bond acceptors (Lipinski definition) is 3. The SMILES string of the molecule is O=C(Nc1nc2c(s1)CCCC2)NC1CC1. The molecule has 0 aromatic carbocycles. The molecular weight excluding hydrogens is 222 g/mol. The maximum absolute atomic E-state index is 11.5. The van der Waals surface area contributed by atoms with Gasteiger partial charge in [-0.15, -0.1) is 11.3 Å². The predicted octanol–water partition coefficient (Wildman–Crippen LogP) is 2.31. The Hall–Kier alpha value is -1.10. The molecule has 0 bridgehead atoms. The van der Waals surface area contributed by atoms with Crippen molar-refractivity contribution in [2.75, 3.05) is 5.32 Å². The summed E-state index contributed by atoms with van der Waals surface area (Å²) >= 11 is 1.63. The summed E-state index contributed by atoms with van der Waals surface area (Å²) in [7, 11) is 0. The molecule has 0 aliphatic heterocycles. The Balaban J connectivity index is 1.64. The summed E-state index contributed by atoms with van der Waals surface area (Å²) in [6.07, 6.45) is 6.90. The molecule has 2 amide bonds. The Labute approximate surface area is 98.5 Å². The molecule has 0 radical (unpaired) electrons. The van der Waals surface area contributed by atoms with Gasteiger partial charge in [-0.1, -0.05) is 0 Å². The Kier molecular flexibility index (Phi) is 2.55. The number of thiazole rings is 1. The van der Waals surface area contributed by atoms with Gasteiger partial charge < -0.3 is 5.32 Å². The standard InChI is InChI=1S/C11H15N3OS/c15-10(12-7-5-6-7)14-11-13-8-3-1-2-4-9(8)16-11/h7H,1-6H2,(H2,12,13,14,15). The summed E-state index contributed by atoms with van der Waals surface area (Å²) in [5, 5.41) is 6.48. The number of carbonyl (C=O) groups excluding carboxylic acids is 1. The number of amides is 2. The van der Waals surface area contributed by atoms with Crippen LogP contribution in [-0.4, -0.2) is 17.1 Å². The summed E-state index contributed by atoms with van der Waals surface area (Å²) in [6, 6.07) is 0.295. The minimum atomic E-state index is -0.103. The highest BCUT2D eigenvalue weighted by Crippen LogP contribution is 2.29. The van der Waals surface area contributed by atoms with Crippen molar-refractivity contribution in [3.8, 4) is 0 Å². The van der Waals surface area contributed by atoms with E-state index in [9.17, 15) is 4.79 Å². The zero-order valence-electron chi connectivity index (χ0n) is 9.08. The van der Waals surface area contributed by atoms with Gasteiger partial charge >= 0.3 is 6.03 Å². The molecule has 86 valence electrons. The van der Waals surface area contributed by atoms with Crippen LogP contribution in [0.4, 0.5) is 9.93 Å². The van der Waals surface area contributed by atoms with Gasteiger partial charge in [0.25, 0.3) is 0 Å². The van der Waals surface area contributed by atoms with Crippen molar-refractivity contribution in [3.05, 3.63) is 10.6 Å². The summed E-state index contributed by atoms with van der Waals surface area (Å²) < 4.78 is 0. The van der Waals surface area contributed by atoms with Gasteiger partial charge in [-0.05, 0) is 38.5 Å². The van der Waals surface area contributed by atoms with Crippen molar-refractivity contribution in [1.29, 1.82) is 0 Å². The van der Waals surface area contributed by atoms with E-state index in [1.165, 1.54) is 23.4 Å². The number of aryl methyl sites for hydroxylation is 2. The third kappa shape index (κ3) is 2.19. The van der Waals surface area contributed by atoms with Crippen molar-refractivity contribution in [1.82, 2.24) is 10.3 Å². The van der Waals surface area contributed by atoms with Gasteiger partial charge in [-0.2, -0.15) is 0 Å². The number of aromatic nitrogens is 1. The molecule has 1 aromatic rings. The highest BCUT2D eigenvalue weighted by atomic mass is 32.1. The first-order valence-electron chi connectivity index (χ1n) is 5.87. The molecule has 2 aliphatic rings. The van der Waals surface area contributed by atoms with Crippen molar-refractivity contribution in [2.24, 2.45) is 0 Å². The van der Waals surface area contributed by atoms with Gasteiger partial charge in [-0.3, -0.25) is 5.32 Å². The topological polar surface area (TPSA) is 54.0 Å². The molecule has 2 N–H and O–H groups in total. The Morgan fingerprint density at radius 2 is 2.12 bits per heavy atom. The van der Waals surface area contributed by atoms with Crippen LogP contribution in [0.3, 0.4) is 0 Å². The number of fused-ring (bicyclic) bond motifs is 1. The molecule has 0 spiro atoms. The minimum absolute atomic E-state index is 0.103. The molecule has 2 aliphatic carbocycles. The fraction of sp³-hybridized carbons (Fsp3) is 0.636. The third-order valence-corrected chi connectivity index (χ3v) is 4.05. The van der Waals surface area contributed by atoms with Crippen LogP contribution in [0.5, 0.6) is 0 Å². The smallest absolute Gasteiger partial charge is 0.321 e. The van der Waals surface area contributed by atoms with Gasteiger partial charge in [0.2, 0.25) is 0 Å².